The van der Waals surface area contributed by atoms with Gasteiger partial charge in [0.2, 0.25) is 0 Å². The lowest BCUT2D eigenvalue weighted by Crippen LogP contribution is -2.38. The van der Waals surface area contributed by atoms with Crippen LogP contribution in [0, 0.1) is 32.8 Å². The number of carbonyl (C=O) groups is 1. The largest absolute Gasteiger partial charge is 0.384 e. The van der Waals surface area contributed by atoms with Gasteiger partial charge in [-0.1, -0.05) is 18.6 Å². The normalized spacial score (nSPS) is 20.0. The van der Waals surface area contributed by atoms with Gasteiger partial charge in [-0.25, -0.2) is 0 Å². The van der Waals surface area contributed by atoms with Crippen LogP contribution in [0.4, 0.5) is 10.7 Å². The van der Waals surface area contributed by atoms with E-state index in [4.69, 9.17) is 5.73 Å². The molecule has 176 valence electrons. The lowest BCUT2D eigenvalue weighted by molar-refractivity contribution is -0.384. The number of anilines is 1. The van der Waals surface area contributed by atoms with Crippen LogP contribution in [0.25, 0.3) is 0 Å². The number of nitrogens with two attached hydrogens (primary N) is 1. The van der Waals surface area contributed by atoms with Crippen LogP contribution in [0.1, 0.15) is 66.0 Å². The molecule has 2 heterocycles. The van der Waals surface area contributed by atoms with E-state index < -0.39 is 10.8 Å². The Labute approximate surface area is 206 Å². The Morgan fingerprint density at radius 1 is 1.03 bits per heavy atom. The van der Waals surface area contributed by atoms with Crippen molar-refractivity contribution in [2.75, 3.05) is 4.90 Å². The Hall–Kier alpha value is -3.95. The molecule has 8 nitrogen and oxygen atoms in total. The minimum absolute atomic E-state index is 0.0588. The number of thiophene rings is 1. The van der Waals surface area contributed by atoms with Crippen molar-refractivity contribution in [2.45, 2.75) is 57.3 Å². The van der Waals surface area contributed by atoms with E-state index >= 15 is 0 Å². The number of nitro benzene ring substituents is 1. The summed E-state index contributed by atoms with van der Waals surface area (Å²) in [5, 5.41) is 32.1. The van der Waals surface area contributed by atoms with Gasteiger partial charge in [0, 0.05) is 34.7 Å². The van der Waals surface area contributed by atoms with E-state index in [9.17, 15) is 25.4 Å². The number of nitrogens with zero attached hydrogens (tertiary/aromatic N) is 4. The van der Waals surface area contributed by atoms with E-state index in [2.05, 4.69) is 12.1 Å². The monoisotopic (exact) mass is 485 g/mol. The van der Waals surface area contributed by atoms with Gasteiger partial charge in [-0.3, -0.25) is 19.8 Å². The molecule has 9 heteroatoms. The molecule has 2 aliphatic carbocycles. The number of nitro groups is 1. The second-order valence-corrected chi connectivity index (χ2v) is 10.1. The molecular formula is C26H23N5O3S. The molecule has 2 aromatic rings. The van der Waals surface area contributed by atoms with E-state index in [1.165, 1.54) is 17.0 Å². The van der Waals surface area contributed by atoms with Crippen molar-refractivity contribution in [1.82, 2.24) is 0 Å². The first-order valence-corrected chi connectivity index (χ1v) is 12.5. The Bertz CT molecular complexity index is 1390. The van der Waals surface area contributed by atoms with Crippen molar-refractivity contribution in [3.63, 3.8) is 0 Å². The number of aryl methyl sites for hydroxylation is 1. The summed E-state index contributed by atoms with van der Waals surface area (Å²) >= 11 is 1.54. The summed E-state index contributed by atoms with van der Waals surface area (Å²) < 4.78 is 0. The van der Waals surface area contributed by atoms with E-state index in [0.29, 0.717) is 41.0 Å². The average molecular weight is 486 g/mol. The molecule has 0 saturated carbocycles. The van der Waals surface area contributed by atoms with Crippen molar-refractivity contribution in [2.24, 2.45) is 5.73 Å². The molecule has 5 rings (SSSR count). The van der Waals surface area contributed by atoms with Gasteiger partial charge in [-0.15, -0.1) is 11.3 Å². The zero-order chi connectivity index (χ0) is 24.7. The van der Waals surface area contributed by atoms with Crippen molar-refractivity contribution in [1.29, 1.82) is 10.5 Å². The number of carbonyl (C=O) groups excluding carboxylic acids is 1. The molecule has 1 aliphatic heterocycles. The van der Waals surface area contributed by atoms with Gasteiger partial charge in [0.1, 0.15) is 16.9 Å². The lowest BCUT2D eigenvalue weighted by atomic mass is 9.75. The van der Waals surface area contributed by atoms with Crippen LogP contribution in [0.5, 0.6) is 0 Å². The quantitative estimate of drug-likeness (QED) is 0.362. The highest BCUT2D eigenvalue weighted by molar-refractivity contribution is 7.16. The maximum absolute atomic E-state index is 13.3. The van der Waals surface area contributed by atoms with Crippen molar-refractivity contribution in [3.05, 3.63) is 78.6 Å². The number of benzene rings is 1. The fourth-order valence-corrected chi connectivity index (χ4v) is 6.82. The van der Waals surface area contributed by atoms with Crippen LogP contribution in [0.2, 0.25) is 0 Å². The number of non-ortho nitro benzene ring substituents is 1. The number of hydrogen-bond acceptors (Lipinski definition) is 8. The van der Waals surface area contributed by atoms with E-state index in [-0.39, 0.29) is 22.9 Å². The van der Waals surface area contributed by atoms with Gasteiger partial charge >= 0.3 is 0 Å². The number of Topliss-reactive ketones (excluding diaryl/α,β-unsaturated/α-hetero) is 1. The summed E-state index contributed by atoms with van der Waals surface area (Å²) in [4.78, 5) is 26.9. The molecule has 35 heavy (non-hydrogen) atoms. The molecule has 1 aromatic carbocycles. The molecule has 1 atom stereocenters. The Morgan fingerprint density at radius 3 is 2.46 bits per heavy atom. The van der Waals surface area contributed by atoms with Gasteiger partial charge in [0.25, 0.3) is 5.69 Å². The maximum atomic E-state index is 13.3. The van der Waals surface area contributed by atoms with Gasteiger partial charge in [0.15, 0.2) is 5.78 Å². The Balaban J connectivity index is 1.72. The molecule has 1 unspecified atom stereocenters. The molecule has 0 bridgehead atoms. The van der Waals surface area contributed by atoms with E-state index in [1.54, 1.807) is 28.4 Å². The zero-order valence-electron chi connectivity index (χ0n) is 19.0. The van der Waals surface area contributed by atoms with Gasteiger partial charge in [-0.2, -0.15) is 10.5 Å². The van der Waals surface area contributed by atoms with Crippen molar-refractivity contribution >= 4 is 27.8 Å². The topological polar surface area (TPSA) is 137 Å². The molecule has 0 fully saturated rings. The summed E-state index contributed by atoms with van der Waals surface area (Å²) in [5.74, 6) is -0.531. The minimum Gasteiger partial charge on any atom is -0.384 e. The first-order valence-electron chi connectivity index (χ1n) is 11.7. The van der Waals surface area contributed by atoms with Crippen LogP contribution in [0.15, 0.2) is 46.9 Å². The molecule has 3 aliphatic rings. The maximum Gasteiger partial charge on any atom is 0.269 e. The van der Waals surface area contributed by atoms with Crippen molar-refractivity contribution < 1.29 is 9.72 Å². The van der Waals surface area contributed by atoms with Gasteiger partial charge < -0.3 is 5.73 Å². The molecule has 0 spiro atoms. The summed E-state index contributed by atoms with van der Waals surface area (Å²) in [6.45, 7) is 0. The van der Waals surface area contributed by atoms with Gasteiger partial charge in [0.05, 0.1) is 28.0 Å². The third kappa shape index (κ3) is 3.69. The number of nitriles is 2. The summed E-state index contributed by atoms with van der Waals surface area (Å²) in [5.41, 5.74) is 10.3. The fourth-order valence-electron chi connectivity index (χ4n) is 5.44. The summed E-state index contributed by atoms with van der Waals surface area (Å²) in [6, 6.07) is 10.5. The number of rotatable bonds is 3. The summed E-state index contributed by atoms with van der Waals surface area (Å²) in [7, 11) is 0. The van der Waals surface area contributed by atoms with Crippen LogP contribution < -0.4 is 10.6 Å². The van der Waals surface area contributed by atoms with Gasteiger partial charge in [-0.05, 0) is 49.7 Å². The lowest BCUT2D eigenvalue weighted by Gasteiger charge is -2.39. The molecular weight excluding hydrogens is 462 g/mol. The minimum atomic E-state index is -0.692. The Morgan fingerprint density at radius 2 is 1.77 bits per heavy atom. The number of fused-ring (bicyclic) bond motifs is 1. The predicted molar refractivity (Wildman–Crippen MR) is 131 cm³/mol. The highest BCUT2D eigenvalue weighted by Gasteiger charge is 2.42. The van der Waals surface area contributed by atoms with Crippen LogP contribution in [-0.4, -0.2) is 10.7 Å². The average Bonchev–Trinajstić information content (AvgIpc) is 3.03. The predicted octanol–water partition coefficient (Wildman–Crippen LogP) is 5.10. The Kier molecular flexibility index (Phi) is 5.88. The molecule has 1 aromatic heterocycles. The highest BCUT2D eigenvalue weighted by Crippen LogP contribution is 2.50. The fraction of sp³-hybridized carbons (Fsp3) is 0.346. The number of allylic oxidation sites excluding steroid dienone is 3. The SMILES string of the molecule is N#CC1=C(N)N(c2sc3c(c2C#N)CCCCC3)C2=C(C(=O)CCC2)C1c1ccc([N+](=O)[O-])cc1. The highest BCUT2D eigenvalue weighted by atomic mass is 32.1. The molecule has 0 amide bonds. The second-order valence-electron chi connectivity index (χ2n) is 9.02. The van der Waals surface area contributed by atoms with E-state index in [1.807, 2.05) is 0 Å². The number of hydrogen-bond donors (Lipinski definition) is 1. The molecule has 0 radical (unpaired) electrons. The van der Waals surface area contributed by atoms with Crippen LogP contribution >= 0.6 is 11.3 Å². The first-order chi connectivity index (χ1) is 17.0. The van der Waals surface area contributed by atoms with Crippen LogP contribution in [0.3, 0.4) is 0 Å². The summed E-state index contributed by atoms with van der Waals surface area (Å²) in [6.07, 6.45) is 6.59. The smallest absolute Gasteiger partial charge is 0.269 e. The molecule has 2 N–H and O–H groups in total. The van der Waals surface area contributed by atoms with Crippen molar-refractivity contribution in [3.8, 4) is 12.1 Å². The van der Waals surface area contributed by atoms with Crippen LogP contribution in [-0.2, 0) is 17.6 Å². The third-order valence-electron chi connectivity index (χ3n) is 7.07. The number of ketones is 1. The van der Waals surface area contributed by atoms with E-state index in [0.717, 1.165) is 43.4 Å². The zero-order valence-corrected chi connectivity index (χ0v) is 19.9. The molecule has 0 saturated heterocycles. The first kappa shape index (κ1) is 22.8. The third-order valence-corrected chi connectivity index (χ3v) is 8.35. The second kappa shape index (κ2) is 9.01. The standard InChI is InChI=1S/C26H23N5O3S/c27-13-18-17-5-2-1-3-8-22(17)35-26(18)30-20-6-4-7-21(32)24(20)23(19(14-28)25(30)29)15-9-11-16(12-10-15)31(33)34/h9-12,23H,1-8,29H2.